The molecule has 0 aliphatic heterocycles. The monoisotopic (exact) mass is 380 g/mol. The number of nitrogens with one attached hydrogen (secondary N) is 2. The Morgan fingerprint density at radius 1 is 1.22 bits per heavy atom. The Morgan fingerprint density at radius 3 is 2.15 bits per heavy atom. The lowest BCUT2D eigenvalue weighted by Crippen LogP contribution is -2.41. The van der Waals surface area contributed by atoms with Crippen LogP contribution in [0.15, 0.2) is 12.1 Å². The van der Waals surface area contributed by atoms with Gasteiger partial charge in [0, 0.05) is 12.1 Å². The van der Waals surface area contributed by atoms with E-state index in [0.29, 0.717) is 18.4 Å². The number of hydroxylamine groups is 1. The van der Waals surface area contributed by atoms with Crippen molar-refractivity contribution in [3.05, 3.63) is 37.9 Å². The molecule has 11 heteroatoms. The maximum Gasteiger partial charge on any atom is 0.338 e. The van der Waals surface area contributed by atoms with Crippen LogP contribution in [0, 0.1) is 32.6 Å². The van der Waals surface area contributed by atoms with Gasteiger partial charge in [0.2, 0.25) is 0 Å². The second-order valence-corrected chi connectivity index (χ2v) is 6.71. The number of rotatable bonds is 7. The average Bonchev–Trinajstić information content (AvgIpc) is 3.36. The summed E-state index contributed by atoms with van der Waals surface area (Å²) in [5, 5.41) is 25.1. The fraction of sp³-hybridized carbons (Fsp3) is 0.500. The number of nitro benzene ring substituents is 2. The largest absolute Gasteiger partial charge is 0.362 e. The molecule has 0 radical (unpaired) electrons. The molecule has 11 nitrogen and oxygen atoms in total. The van der Waals surface area contributed by atoms with Crippen molar-refractivity contribution in [3.8, 4) is 0 Å². The number of amides is 1. The van der Waals surface area contributed by atoms with Gasteiger partial charge in [0.1, 0.15) is 6.04 Å². The molecule has 0 bridgehead atoms. The van der Waals surface area contributed by atoms with Crippen LogP contribution in [0.4, 0.5) is 17.1 Å². The van der Waals surface area contributed by atoms with E-state index in [9.17, 15) is 29.8 Å². The van der Waals surface area contributed by atoms with Crippen LogP contribution < -0.4 is 10.8 Å². The summed E-state index contributed by atoms with van der Waals surface area (Å²) in [6.45, 7) is 4.80. The van der Waals surface area contributed by atoms with E-state index >= 15 is 0 Å². The Hall–Kier alpha value is -3.24. The van der Waals surface area contributed by atoms with Gasteiger partial charge in [-0.15, -0.1) is 0 Å². The number of nitro groups is 2. The summed E-state index contributed by atoms with van der Waals surface area (Å²) in [5.74, 6) is -1.34. The quantitative estimate of drug-likeness (QED) is 0.540. The van der Waals surface area contributed by atoms with Crippen LogP contribution in [0.1, 0.15) is 38.7 Å². The molecular weight excluding hydrogens is 360 g/mol. The lowest BCUT2D eigenvalue weighted by molar-refractivity contribution is -0.392. The summed E-state index contributed by atoms with van der Waals surface area (Å²) in [4.78, 5) is 49.9. The van der Waals surface area contributed by atoms with E-state index in [-0.39, 0.29) is 12.1 Å². The van der Waals surface area contributed by atoms with Crippen molar-refractivity contribution >= 4 is 28.9 Å². The van der Waals surface area contributed by atoms with E-state index < -0.39 is 44.6 Å². The van der Waals surface area contributed by atoms with Crippen LogP contribution in [0.3, 0.4) is 0 Å². The molecule has 1 aliphatic rings. The van der Waals surface area contributed by atoms with Gasteiger partial charge in [-0.25, -0.2) is 4.79 Å². The minimum atomic E-state index is -1.08. The normalized spacial score (nSPS) is 15.4. The van der Waals surface area contributed by atoms with Crippen molar-refractivity contribution in [1.29, 1.82) is 0 Å². The summed E-state index contributed by atoms with van der Waals surface area (Å²) in [5.41, 5.74) is 0.341. The van der Waals surface area contributed by atoms with Gasteiger partial charge in [0.15, 0.2) is 5.69 Å². The van der Waals surface area contributed by atoms with Gasteiger partial charge in [-0.1, -0.05) is 6.92 Å². The third-order valence-electron chi connectivity index (χ3n) is 4.41. The van der Waals surface area contributed by atoms with Crippen LogP contribution in [0.2, 0.25) is 0 Å². The molecule has 0 heterocycles. The summed E-state index contributed by atoms with van der Waals surface area (Å²) < 4.78 is 0. The van der Waals surface area contributed by atoms with Crippen molar-refractivity contribution in [3.63, 3.8) is 0 Å². The maximum atomic E-state index is 12.3. The number of anilines is 1. The highest BCUT2D eigenvalue weighted by molar-refractivity contribution is 5.88. The molecule has 1 aliphatic carbocycles. The zero-order chi connectivity index (χ0) is 20.4. The van der Waals surface area contributed by atoms with E-state index in [1.54, 1.807) is 13.8 Å². The summed E-state index contributed by atoms with van der Waals surface area (Å²) in [6.07, 6.45) is 1.47. The van der Waals surface area contributed by atoms with Crippen molar-refractivity contribution in [2.24, 2.45) is 5.41 Å². The highest BCUT2D eigenvalue weighted by Gasteiger charge is 2.47. The average molecular weight is 380 g/mol. The zero-order valence-corrected chi connectivity index (χ0v) is 15.1. The molecule has 2 N–H and O–H groups in total. The SMILES string of the molecule is CCC(Nc1c([N+](=O)[O-])cc(C)cc1[N+](=O)[O-])C(=O)NOC(=O)C1(C)CC1. The fourth-order valence-corrected chi connectivity index (χ4v) is 2.39. The minimum absolute atomic E-state index is 0.142. The summed E-state index contributed by atoms with van der Waals surface area (Å²) in [7, 11) is 0. The van der Waals surface area contributed by atoms with Crippen LogP contribution in [0.5, 0.6) is 0 Å². The van der Waals surface area contributed by atoms with Crippen molar-refractivity contribution in [1.82, 2.24) is 5.48 Å². The lowest BCUT2D eigenvalue weighted by Gasteiger charge is -2.18. The van der Waals surface area contributed by atoms with Gasteiger partial charge < -0.3 is 10.2 Å². The maximum absolute atomic E-state index is 12.3. The van der Waals surface area contributed by atoms with Crippen LogP contribution in [-0.2, 0) is 14.4 Å². The first-order valence-electron chi connectivity index (χ1n) is 8.30. The molecule has 1 saturated carbocycles. The van der Waals surface area contributed by atoms with Gasteiger partial charge in [0.05, 0.1) is 15.3 Å². The predicted octanol–water partition coefficient (Wildman–Crippen LogP) is 2.38. The molecule has 0 aromatic heterocycles. The van der Waals surface area contributed by atoms with Crippen molar-refractivity contribution in [2.75, 3.05) is 5.32 Å². The van der Waals surface area contributed by atoms with Gasteiger partial charge in [0.25, 0.3) is 17.3 Å². The van der Waals surface area contributed by atoms with E-state index in [1.165, 1.54) is 19.1 Å². The van der Waals surface area contributed by atoms with Gasteiger partial charge in [-0.05, 0) is 38.7 Å². The molecular formula is C16H20N4O7. The molecule has 1 atom stereocenters. The molecule has 1 aromatic carbocycles. The van der Waals surface area contributed by atoms with Crippen LogP contribution >= 0.6 is 0 Å². The lowest BCUT2D eigenvalue weighted by atomic mass is 10.1. The zero-order valence-electron chi connectivity index (χ0n) is 15.1. The van der Waals surface area contributed by atoms with E-state index in [4.69, 9.17) is 4.84 Å². The second-order valence-electron chi connectivity index (χ2n) is 6.71. The van der Waals surface area contributed by atoms with E-state index in [1.807, 2.05) is 5.48 Å². The molecule has 2 rings (SSSR count). The topological polar surface area (TPSA) is 154 Å². The molecule has 27 heavy (non-hydrogen) atoms. The first-order chi connectivity index (χ1) is 12.6. The Morgan fingerprint density at radius 2 is 1.74 bits per heavy atom. The van der Waals surface area contributed by atoms with Gasteiger partial charge in [-0.2, -0.15) is 5.48 Å². The smallest absolute Gasteiger partial charge is 0.338 e. The number of benzene rings is 1. The van der Waals surface area contributed by atoms with Crippen LogP contribution in [-0.4, -0.2) is 27.8 Å². The standard InChI is InChI=1S/C16H20N4O7/c1-4-10(14(21)18-27-15(22)16(3)5-6-16)17-13-11(19(23)24)7-9(2)8-12(13)20(25)26/h7-8,10,17H,4-6H2,1-3H3,(H,18,21). The van der Waals surface area contributed by atoms with Gasteiger partial charge in [-0.3, -0.25) is 25.0 Å². The third kappa shape index (κ3) is 4.49. The van der Waals surface area contributed by atoms with E-state index in [0.717, 1.165) is 0 Å². The third-order valence-corrected chi connectivity index (χ3v) is 4.41. The first-order valence-corrected chi connectivity index (χ1v) is 8.30. The molecule has 1 amide bonds. The number of nitrogens with zero attached hydrogens (tertiary/aromatic N) is 2. The van der Waals surface area contributed by atoms with Crippen molar-refractivity contribution in [2.45, 2.75) is 46.1 Å². The number of carbonyl (C=O) groups is 2. The second kappa shape index (κ2) is 7.56. The molecule has 146 valence electrons. The van der Waals surface area contributed by atoms with Crippen LogP contribution in [0.25, 0.3) is 0 Å². The fourth-order valence-electron chi connectivity index (χ4n) is 2.39. The summed E-state index contributed by atoms with van der Waals surface area (Å²) in [6, 6.07) is 1.27. The number of aryl methyl sites for hydroxylation is 1. The first kappa shape index (κ1) is 20.1. The Balaban J connectivity index is 2.21. The summed E-state index contributed by atoms with van der Waals surface area (Å²) >= 11 is 0. The van der Waals surface area contributed by atoms with E-state index in [2.05, 4.69) is 5.32 Å². The Kier molecular flexibility index (Phi) is 5.62. The number of carbonyl (C=O) groups excluding carboxylic acids is 2. The molecule has 1 unspecified atom stereocenters. The van der Waals surface area contributed by atoms with Gasteiger partial charge >= 0.3 is 5.97 Å². The number of hydrogen-bond acceptors (Lipinski definition) is 8. The Bertz CT molecular complexity index is 769. The van der Waals surface area contributed by atoms with Crippen molar-refractivity contribution < 1.29 is 24.3 Å². The minimum Gasteiger partial charge on any atom is -0.362 e. The molecule has 1 fully saturated rings. The molecule has 0 spiro atoms. The number of hydrogen-bond donors (Lipinski definition) is 2. The Labute approximate surface area is 154 Å². The highest BCUT2D eigenvalue weighted by Crippen LogP contribution is 2.45. The predicted molar refractivity (Wildman–Crippen MR) is 93.8 cm³/mol. The molecule has 1 aromatic rings. The highest BCUT2D eigenvalue weighted by atomic mass is 16.7. The molecule has 0 saturated heterocycles.